The van der Waals surface area contributed by atoms with Crippen LogP contribution in [0.1, 0.15) is 29.0 Å². The third-order valence-electron chi connectivity index (χ3n) is 4.67. The molecule has 0 fully saturated rings. The standard InChI is InChI=1S/C20H13BrF3NO/c21-17-9-16-15(11-4-3-5-12(8-11)20(22,23)24)10-18(26)25-19(16)14-7-2-1-6-13(14)17/h1-9,15H,10H2,(H,25,26)/t15-/m0/s1. The number of anilines is 1. The Balaban J connectivity index is 1.93. The number of amides is 1. The minimum atomic E-state index is -4.42. The number of hydrogen-bond donors (Lipinski definition) is 1. The van der Waals surface area contributed by atoms with Crippen LogP contribution in [-0.2, 0) is 11.0 Å². The second-order valence-corrected chi connectivity index (χ2v) is 7.15. The SMILES string of the molecule is O=C1C[C@@H](c2cccc(C(F)(F)F)c2)c2cc(Br)c3ccccc3c2N1. The number of hydrogen-bond acceptors (Lipinski definition) is 1. The number of alkyl halides is 3. The lowest BCUT2D eigenvalue weighted by atomic mass is 9.83. The lowest BCUT2D eigenvalue weighted by Gasteiger charge is -2.28. The van der Waals surface area contributed by atoms with Gasteiger partial charge in [-0.05, 0) is 28.6 Å². The molecule has 6 heteroatoms. The molecule has 0 bridgehead atoms. The molecular formula is C20H13BrF3NO. The summed E-state index contributed by atoms with van der Waals surface area (Å²) in [6.07, 6.45) is -4.31. The largest absolute Gasteiger partial charge is 0.416 e. The zero-order valence-electron chi connectivity index (χ0n) is 13.4. The summed E-state index contributed by atoms with van der Waals surface area (Å²) in [5.74, 6) is -0.630. The number of benzene rings is 3. The van der Waals surface area contributed by atoms with Crippen LogP contribution in [0.25, 0.3) is 10.8 Å². The van der Waals surface area contributed by atoms with Crippen LogP contribution in [0.5, 0.6) is 0 Å². The lowest BCUT2D eigenvalue weighted by Crippen LogP contribution is -2.24. The predicted molar refractivity (Wildman–Crippen MR) is 98.2 cm³/mol. The number of fused-ring (bicyclic) bond motifs is 3. The third kappa shape index (κ3) is 2.88. The highest BCUT2D eigenvalue weighted by Crippen LogP contribution is 2.44. The van der Waals surface area contributed by atoms with Gasteiger partial charge in [0.25, 0.3) is 0 Å². The van der Waals surface area contributed by atoms with E-state index < -0.39 is 17.7 Å². The maximum atomic E-state index is 13.1. The average molecular weight is 420 g/mol. The van der Waals surface area contributed by atoms with Crippen LogP contribution in [0.4, 0.5) is 18.9 Å². The molecule has 26 heavy (non-hydrogen) atoms. The van der Waals surface area contributed by atoms with E-state index in [-0.39, 0.29) is 12.3 Å². The molecule has 0 radical (unpaired) electrons. The fourth-order valence-corrected chi connectivity index (χ4v) is 4.07. The van der Waals surface area contributed by atoms with Gasteiger partial charge in [0.15, 0.2) is 0 Å². The second-order valence-electron chi connectivity index (χ2n) is 6.30. The summed E-state index contributed by atoms with van der Waals surface area (Å²) in [5, 5.41) is 4.70. The molecule has 1 aliphatic rings. The molecule has 0 saturated heterocycles. The zero-order valence-corrected chi connectivity index (χ0v) is 15.0. The van der Waals surface area contributed by atoms with E-state index in [0.29, 0.717) is 11.3 Å². The summed E-state index contributed by atoms with van der Waals surface area (Å²) in [4.78, 5) is 12.3. The second kappa shape index (κ2) is 6.13. The first kappa shape index (κ1) is 17.1. The van der Waals surface area contributed by atoms with Gasteiger partial charge in [-0.3, -0.25) is 4.79 Å². The summed E-state index contributed by atoms with van der Waals surface area (Å²) >= 11 is 3.54. The maximum Gasteiger partial charge on any atom is 0.416 e. The molecule has 0 unspecified atom stereocenters. The topological polar surface area (TPSA) is 29.1 Å². The number of halogens is 4. The molecule has 1 N–H and O–H groups in total. The maximum absolute atomic E-state index is 13.1. The van der Waals surface area contributed by atoms with E-state index in [2.05, 4.69) is 21.2 Å². The van der Waals surface area contributed by atoms with Gasteiger partial charge < -0.3 is 5.32 Å². The number of rotatable bonds is 1. The van der Waals surface area contributed by atoms with Crippen molar-refractivity contribution in [2.24, 2.45) is 0 Å². The summed E-state index contributed by atoms with van der Waals surface area (Å²) in [6, 6.07) is 14.7. The normalized spacial score (nSPS) is 17.1. The molecule has 0 spiro atoms. The van der Waals surface area contributed by atoms with Crippen LogP contribution in [0.2, 0.25) is 0 Å². The first-order valence-corrected chi connectivity index (χ1v) is 8.82. The van der Waals surface area contributed by atoms with Gasteiger partial charge in [0.05, 0.1) is 11.3 Å². The minimum Gasteiger partial charge on any atom is -0.325 e. The Morgan fingerprint density at radius 2 is 1.73 bits per heavy atom. The highest BCUT2D eigenvalue weighted by molar-refractivity contribution is 9.10. The van der Waals surface area contributed by atoms with Crippen LogP contribution >= 0.6 is 15.9 Å². The molecule has 2 nitrogen and oxygen atoms in total. The molecule has 0 saturated carbocycles. The van der Waals surface area contributed by atoms with Gasteiger partial charge in [-0.25, -0.2) is 0 Å². The van der Waals surface area contributed by atoms with E-state index in [1.807, 2.05) is 30.3 Å². The molecule has 132 valence electrons. The first-order valence-electron chi connectivity index (χ1n) is 8.03. The Bertz CT molecular complexity index is 1030. The molecule has 1 atom stereocenters. The van der Waals surface area contributed by atoms with Crippen molar-refractivity contribution in [1.29, 1.82) is 0 Å². The fraction of sp³-hybridized carbons (Fsp3) is 0.150. The Kier molecular flexibility index (Phi) is 4.03. The van der Waals surface area contributed by atoms with Crippen molar-refractivity contribution < 1.29 is 18.0 Å². The van der Waals surface area contributed by atoms with Crippen molar-refractivity contribution in [2.45, 2.75) is 18.5 Å². The highest BCUT2D eigenvalue weighted by Gasteiger charge is 2.33. The number of carbonyl (C=O) groups excluding carboxylic acids is 1. The fourth-order valence-electron chi connectivity index (χ4n) is 3.48. The third-order valence-corrected chi connectivity index (χ3v) is 5.33. The van der Waals surface area contributed by atoms with Crippen molar-refractivity contribution >= 4 is 38.3 Å². The van der Waals surface area contributed by atoms with Crippen molar-refractivity contribution in [2.75, 3.05) is 5.32 Å². The Hall–Kier alpha value is -2.34. The first-order chi connectivity index (χ1) is 12.3. The molecule has 3 aromatic rings. The monoisotopic (exact) mass is 419 g/mol. The van der Waals surface area contributed by atoms with Crippen LogP contribution in [0.3, 0.4) is 0 Å². The van der Waals surface area contributed by atoms with E-state index in [9.17, 15) is 18.0 Å². The smallest absolute Gasteiger partial charge is 0.325 e. The molecule has 1 heterocycles. The minimum absolute atomic E-state index is 0.110. The number of carbonyl (C=O) groups is 1. The Morgan fingerprint density at radius 1 is 1.00 bits per heavy atom. The van der Waals surface area contributed by atoms with E-state index >= 15 is 0 Å². The van der Waals surface area contributed by atoms with Crippen LogP contribution < -0.4 is 5.32 Å². The van der Waals surface area contributed by atoms with Gasteiger partial charge in [0.1, 0.15) is 0 Å². The highest BCUT2D eigenvalue weighted by atomic mass is 79.9. The van der Waals surface area contributed by atoms with Gasteiger partial charge in [-0.1, -0.05) is 58.4 Å². The number of nitrogens with one attached hydrogen (secondary N) is 1. The van der Waals surface area contributed by atoms with Gasteiger partial charge in [0.2, 0.25) is 5.91 Å². The van der Waals surface area contributed by atoms with E-state index in [1.165, 1.54) is 6.07 Å². The molecule has 1 aliphatic heterocycles. The van der Waals surface area contributed by atoms with Gasteiger partial charge in [-0.2, -0.15) is 13.2 Å². The van der Waals surface area contributed by atoms with E-state index in [4.69, 9.17) is 0 Å². The summed E-state index contributed by atoms with van der Waals surface area (Å²) in [7, 11) is 0. The zero-order chi connectivity index (χ0) is 18.5. The van der Waals surface area contributed by atoms with Gasteiger partial charge in [-0.15, -0.1) is 0 Å². The quantitative estimate of drug-likeness (QED) is 0.507. The molecule has 4 rings (SSSR count). The van der Waals surface area contributed by atoms with Crippen LogP contribution in [0.15, 0.2) is 59.1 Å². The summed E-state index contributed by atoms with van der Waals surface area (Å²) in [6.45, 7) is 0. The van der Waals surface area contributed by atoms with Crippen molar-refractivity contribution in [3.63, 3.8) is 0 Å². The Morgan fingerprint density at radius 3 is 2.46 bits per heavy atom. The molecule has 0 aromatic heterocycles. The summed E-state index contributed by atoms with van der Waals surface area (Å²) < 4.78 is 40.1. The van der Waals surface area contributed by atoms with Crippen LogP contribution in [-0.4, -0.2) is 5.91 Å². The molecule has 0 aliphatic carbocycles. The summed E-state index contributed by atoms with van der Waals surface area (Å²) in [5.41, 5.74) is 1.26. The molecule has 1 amide bonds. The Labute approximate surface area is 156 Å². The van der Waals surface area contributed by atoms with E-state index in [0.717, 1.165) is 32.9 Å². The molecular weight excluding hydrogens is 407 g/mol. The van der Waals surface area contributed by atoms with E-state index in [1.54, 1.807) is 6.07 Å². The van der Waals surface area contributed by atoms with Gasteiger partial charge in [0, 0.05) is 22.2 Å². The molecule has 3 aromatic carbocycles. The average Bonchev–Trinajstić information content (AvgIpc) is 2.62. The van der Waals surface area contributed by atoms with Gasteiger partial charge >= 0.3 is 6.18 Å². The lowest BCUT2D eigenvalue weighted by molar-refractivity contribution is -0.137. The van der Waals surface area contributed by atoms with Crippen molar-refractivity contribution in [1.82, 2.24) is 0 Å². The van der Waals surface area contributed by atoms with Crippen molar-refractivity contribution in [3.05, 3.63) is 75.8 Å². The van der Waals surface area contributed by atoms with Crippen molar-refractivity contribution in [3.8, 4) is 0 Å². The van der Waals surface area contributed by atoms with Crippen LogP contribution in [0, 0.1) is 0 Å². The predicted octanol–water partition coefficient (Wildman–Crippen LogP) is 6.10.